The zero-order chi connectivity index (χ0) is 8.98. The van der Waals surface area contributed by atoms with Gasteiger partial charge in [0, 0.05) is 0 Å². The first-order valence-corrected chi connectivity index (χ1v) is 4.22. The fraction of sp³-hybridized carbons (Fsp3) is 1.00. The van der Waals surface area contributed by atoms with E-state index >= 15 is 0 Å². The molecule has 70 valence electrons. The summed E-state index contributed by atoms with van der Waals surface area (Å²) in [6, 6.07) is 0. The Bertz CT molecular complexity index is 201. The van der Waals surface area contributed by atoms with E-state index in [9.17, 15) is 18.3 Å². The molecule has 2 fully saturated rings. The van der Waals surface area contributed by atoms with Crippen LogP contribution in [0, 0.1) is 11.8 Å². The minimum absolute atomic E-state index is 0.0683. The standard InChI is InChI=1S/C8H11F3O/c9-8(10,11)7(12)4-5-1-2-6(7)3-5/h5-6,12H,1-4H2/t5-,6+,7?/m0/s1. The molecule has 0 aliphatic heterocycles. The number of hydrogen-bond acceptors (Lipinski definition) is 1. The number of alkyl halides is 3. The quantitative estimate of drug-likeness (QED) is 0.605. The van der Waals surface area contributed by atoms with Crippen molar-refractivity contribution in [2.45, 2.75) is 37.5 Å². The third-order valence-electron chi connectivity index (χ3n) is 3.31. The van der Waals surface area contributed by atoms with Gasteiger partial charge in [-0.15, -0.1) is 0 Å². The molecule has 3 atom stereocenters. The lowest BCUT2D eigenvalue weighted by molar-refractivity contribution is -0.276. The van der Waals surface area contributed by atoms with Gasteiger partial charge in [-0.2, -0.15) is 13.2 Å². The number of rotatable bonds is 0. The van der Waals surface area contributed by atoms with Crippen molar-refractivity contribution in [2.24, 2.45) is 11.8 Å². The lowest BCUT2D eigenvalue weighted by Gasteiger charge is -2.34. The van der Waals surface area contributed by atoms with Crippen LogP contribution in [-0.2, 0) is 0 Å². The molecule has 4 heteroatoms. The molecule has 0 saturated heterocycles. The van der Waals surface area contributed by atoms with Crippen LogP contribution in [0.2, 0.25) is 0 Å². The zero-order valence-corrected chi connectivity index (χ0v) is 6.56. The van der Waals surface area contributed by atoms with Gasteiger partial charge in [0.05, 0.1) is 0 Å². The molecule has 1 N–H and O–H groups in total. The SMILES string of the molecule is OC1(C(F)(F)F)C[C@H]2CC[C@@H]1C2. The first-order valence-electron chi connectivity index (χ1n) is 4.22. The predicted octanol–water partition coefficient (Wildman–Crippen LogP) is 2.10. The highest BCUT2D eigenvalue weighted by Gasteiger charge is 2.64. The second-order valence-corrected chi connectivity index (χ2v) is 4.00. The van der Waals surface area contributed by atoms with Gasteiger partial charge in [0.25, 0.3) is 0 Å². The van der Waals surface area contributed by atoms with Crippen LogP contribution in [0.5, 0.6) is 0 Å². The van der Waals surface area contributed by atoms with E-state index in [1.54, 1.807) is 0 Å². The minimum atomic E-state index is -4.42. The fourth-order valence-corrected chi connectivity index (χ4v) is 2.65. The monoisotopic (exact) mass is 180 g/mol. The average Bonchev–Trinajstić information content (AvgIpc) is 2.43. The van der Waals surface area contributed by atoms with E-state index in [-0.39, 0.29) is 12.3 Å². The Morgan fingerprint density at radius 3 is 2.17 bits per heavy atom. The topological polar surface area (TPSA) is 20.2 Å². The largest absolute Gasteiger partial charge is 0.417 e. The van der Waals surface area contributed by atoms with Crippen LogP contribution >= 0.6 is 0 Å². The average molecular weight is 180 g/mol. The molecule has 1 nitrogen and oxygen atoms in total. The maximum atomic E-state index is 12.4. The summed E-state index contributed by atoms with van der Waals surface area (Å²) in [5.74, 6) is -0.413. The molecule has 2 aliphatic carbocycles. The molecule has 0 aromatic carbocycles. The Balaban J connectivity index is 2.23. The molecular formula is C8H11F3O. The van der Waals surface area contributed by atoms with Crippen molar-refractivity contribution in [3.8, 4) is 0 Å². The highest BCUT2D eigenvalue weighted by Crippen LogP contribution is 2.56. The normalized spacial score (nSPS) is 47.0. The van der Waals surface area contributed by atoms with Gasteiger partial charge in [0.2, 0.25) is 0 Å². The Morgan fingerprint density at radius 1 is 1.25 bits per heavy atom. The Labute approximate surface area is 68.6 Å². The summed E-state index contributed by atoms with van der Waals surface area (Å²) >= 11 is 0. The molecule has 0 heterocycles. The van der Waals surface area contributed by atoms with Crippen molar-refractivity contribution in [2.75, 3.05) is 0 Å². The predicted molar refractivity (Wildman–Crippen MR) is 36.5 cm³/mol. The smallest absolute Gasteiger partial charge is 0.380 e. The van der Waals surface area contributed by atoms with Crippen molar-refractivity contribution in [1.29, 1.82) is 0 Å². The molecule has 2 rings (SSSR count). The second-order valence-electron chi connectivity index (χ2n) is 4.00. The molecule has 0 spiro atoms. The first kappa shape index (κ1) is 8.35. The van der Waals surface area contributed by atoms with Gasteiger partial charge in [-0.25, -0.2) is 0 Å². The van der Waals surface area contributed by atoms with Gasteiger partial charge < -0.3 is 5.11 Å². The Kier molecular flexibility index (Phi) is 1.50. The van der Waals surface area contributed by atoms with Crippen LogP contribution in [0.3, 0.4) is 0 Å². The highest BCUT2D eigenvalue weighted by atomic mass is 19.4. The molecule has 2 aliphatic rings. The van der Waals surface area contributed by atoms with Gasteiger partial charge in [-0.05, 0) is 37.5 Å². The van der Waals surface area contributed by atoms with Crippen LogP contribution in [0.1, 0.15) is 25.7 Å². The third-order valence-corrected chi connectivity index (χ3v) is 3.31. The summed E-state index contributed by atoms with van der Waals surface area (Å²) in [7, 11) is 0. The Morgan fingerprint density at radius 2 is 1.92 bits per heavy atom. The maximum Gasteiger partial charge on any atom is 0.417 e. The van der Waals surface area contributed by atoms with Crippen LogP contribution in [0.4, 0.5) is 13.2 Å². The van der Waals surface area contributed by atoms with Gasteiger partial charge in [0.1, 0.15) is 0 Å². The van der Waals surface area contributed by atoms with E-state index < -0.39 is 17.7 Å². The van der Waals surface area contributed by atoms with Crippen LogP contribution in [-0.4, -0.2) is 16.9 Å². The van der Waals surface area contributed by atoms with Gasteiger partial charge in [-0.3, -0.25) is 0 Å². The van der Waals surface area contributed by atoms with E-state index in [2.05, 4.69) is 0 Å². The third kappa shape index (κ3) is 0.903. The summed E-state index contributed by atoms with van der Waals surface area (Å²) in [5, 5.41) is 9.39. The lowest BCUT2D eigenvalue weighted by atomic mass is 9.84. The highest BCUT2D eigenvalue weighted by molar-refractivity contribution is 5.04. The maximum absolute atomic E-state index is 12.4. The first-order chi connectivity index (χ1) is 5.43. The van der Waals surface area contributed by atoms with Crippen molar-refractivity contribution < 1.29 is 18.3 Å². The molecule has 0 aromatic heterocycles. The summed E-state index contributed by atoms with van der Waals surface area (Å²) in [6.45, 7) is 0. The fourth-order valence-electron chi connectivity index (χ4n) is 2.65. The van der Waals surface area contributed by atoms with Crippen molar-refractivity contribution >= 4 is 0 Å². The molecule has 0 aromatic rings. The minimum Gasteiger partial charge on any atom is -0.380 e. The summed E-state index contributed by atoms with van der Waals surface area (Å²) in [6.07, 6.45) is -2.52. The van der Waals surface area contributed by atoms with E-state index in [1.165, 1.54) is 0 Å². The van der Waals surface area contributed by atoms with Crippen LogP contribution in [0.15, 0.2) is 0 Å². The lowest BCUT2D eigenvalue weighted by Crippen LogP contribution is -2.49. The van der Waals surface area contributed by atoms with Crippen molar-refractivity contribution in [3.05, 3.63) is 0 Å². The molecule has 0 amide bonds. The molecule has 2 bridgehead atoms. The summed E-state index contributed by atoms with van der Waals surface area (Å²) in [5.41, 5.74) is -2.35. The number of hydrogen-bond donors (Lipinski definition) is 1. The van der Waals surface area contributed by atoms with Crippen LogP contribution in [0.25, 0.3) is 0 Å². The number of halogens is 3. The number of aliphatic hydroxyl groups is 1. The zero-order valence-electron chi connectivity index (χ0n) is 6.56. The molecular weight excluding hydrogens is 169 g/mol. The Hall–Kier alpha value is -0.250. The van der Waals surface area contributed by atoms with E-state index in [4.69, 9.17) is 0 Å². The molecule has 0 radical (unpaired) electrons. The molecule has 1 unspecified atom stereocenters. The van der Waals surface area contributed by atoms with E-state index in [1.807, 2.05) is 0 Å². The molecule has 12 heavy (non-hydrogen) atoms. The van der Waals surface area contributed by atoms with E-state index in [0.29, 0.717) is 12.8 Å². The van der Waals surface area contributed by atoms with Crippen molar-refractivity contribution in [1.82, 2.24) is 0 Å². The van der Waals surface area contributed by atoms with Gasteiger partial charge in [-0.1, -0.05) is 0 Å². The summed E-state index contributed by atoms with van der Waals surface area (Å²) < 4.78 is 37.1. The second kappa shape index (κ2) is 2.16. The number of fused-ring (bicyclic) bond motifs is 2. The van der Waals surface area contributed by atoms with Crippen molar-refractivity contribution in [3.63, 3.8) is 0 Å². The van der Waals surface area contributed by atoms with E-state index in [0.717, 1.165) is 6.42 Å². The van der Waals surface area contributed by atoms with Gasteiger partial charge in [0.15, 0.2) is 5.60 Å². The van der Waals surface area contributed by atoms with Gasteiger partial charge >= 0.3 is 6.18 Å². The summed E-state index contributed by atoms with van der Waals surface area (Å²) in [4.78, 5) is 0. The van der Waals surface area contributed by atoms with Crippen LogP contribution < -0.4 is 0 Å². The molecule has 2 saturated carbocycles.